The van der Waals surface area contributed by atoms with Crippen molar-refractivity contribution in [1.82, 2.24) is 20.3 Å². The van der Waals surface area contributed by atoms with Crippen LogP contribution in [-0.4, -0.2) is 35.0 Å². The molecule has 0 aliphatic carbocycles. The largest absolute Gasteiger partial charge is 0.495 e. The average Bonchev–Trinajstić information content (AvgIpc) is 2.88. The van der Waals surface area contributed by atoms with Crippen LogP contribution in [-0.2, 0) is 6.18 Å². The quantitative estimate of drug-likeness (QED) is 0.316. The highest BCUT2D eigenvalue weighted by molar-refractivity contribution is 6.00. The minimum absolute atomic E-state index is 0.136. The Morgan fingerprint density at radius 3 is 2.33 bits per heavy atom. The summed E-state index contributed by atoms with van der Waals surface area (Å²) in [6.45, 7) is 0. The van der Waals surface area contributed by atoms with Crippen molar-refractivity contribution in [2.24, 2.45) is 0 Å². The molecule has 1 amide bonds. The minimum Gasteiger partial charge on any atom is -0.495 e. The molecule has 184 valence electrons. The van der Waals surface area contributed by atoms with E-state index in [2.05, 4.69) is 30.9 Å². The fourth-order valence-corrected chi connectivity index (χ4v) is 3.48. The smallest absolute Gasteiger partial charge is 0.419 e. The van der Waals surface area contributed by atoms with E-state index < -0.39 is 17.6 Å². The van der Waals surface area contributed by atoms with E-state index in [-0.39, 0.29) is 22.8 Å². The molecule has 2 aromatic carbocycles. The number of halogens is 3. The molecule has 0 unspecified atom stereocenters. The standard InChI is InChI=1S/C25H21F3N6O2/c1-29-24(35)17-5-3-4-6-19(17)33-21-10-23(32-13-18(21)25(26,27)28)34-20-8-7-15(9-22(20)36-2)16-11-30-14-31-12-16/h3-14H,1-2H3,(H,29,35)(H2,32,33,34). The lowest BCUT2D eigenvalue weighted by molar-refractivity contribution is -0.137. The lowest BCUT2D eigenvalue weighted by Crippen LogP contribution is -2.19. The van der Waals surface area contributed by atoms with E-state index in [0.717, 1.165) is 17.3 Å². The molecule has 0 saturated carbocycles. The Kier molecular flexibility index (Phi) is 7.00. The molecular weight excluding hydrogens is 473 g/mol. The van der Waals surface area contributed by atoms with Crippen molar-refractivity contribution < 1.29 is 22.7 Å². The Morgan fingerprint density at radius 1 is 0.889 bits per heavy atom. The number of amides is 1. The number of nitrogens with zero attached hydrogens (tertiary/aromatic N) is 3. The monoisotopic (exact) mass is 494 g/mol. The summed E-state index contributed by atoms with van der Waals surface area (Å²) in [5.41, 5.74) is 1.22. The minimum atomic E-state index is -4.67. The van der Waals surface area contributed by atoms with Crippen LogP contribution >= 0.6 is 0 Å². The van der Waals surface area contributed by atoms with Gasteiger partial charge in [0.2, 0.25) is 0 Å². The molecule has 2 aromatic heterocycles. The number of aromatic nitrogens is 3. The second-order valence-electron chi connectivity index (χ2n) is 7.53. The van der Waals surface area contributed by atoms with Gasteiger partial charge in [-0.2, -0.15) is 13.2 Å². The van der Waals surface area contributed by atoms with Gasteiger partial charge in [-0.15, -0.1) is 0 Å². The van der Waals surface area contributed by atoms with Crippen LogP contribution in [0, 0.1) is 0 Å². The molecule has 0 atom stereocenters. The van der Waals surface area contributed by atoms with Crippen LogP contribution in [0.15, 0.2) is 73.4 Å². The number of hydrogen-bond donors (Lipinski definition) is 3. The van der Waals surface area contributed by atoms with Crippen LogP contribution in [0.5, 0.6) is 5.75 Å². The first-order chi connectivity index (χ1) is 17.3. The van der Waals surface area contributed by atoms with Gasteiger partial charge in [0.15, 0.2) is 0 Å². The summed E-state index contributed by atoms with van der Waals surface area (Å²) in [6, 6.07) is 12.8. The van der Waals surface area contributed by atoms with Crippen LogP contribution in [0.3, 0.4) is 0 Å². The molecule has 3 N–H and O–H groups in total. The third kappa shape index (κ3) is 5.35. The average molecular weight is 494 g/mol. The molecule has 8 nitrogen and oxygen atoms in total. The van der Waals surface area contributed by atoms with Gasteiger partial charge in [0.1, 0.15) is 17.9 Å². The Morgan fingerprint density at radius 2 is 1.64 bits per heavy atom. The van der Waals surface area contributed by atoms with Crippen molar-refractivity contribution in [3.63, 3.8) is 0 Å². The summed E-state index contributed by atoms with van der Waals surface area (Å²) in [5, 5.41) is 8.22. The predicted molar refractivity (Wildman–Crippen MR) is 130 cm³/mol. The SMILES string of the molecule is CNC(=O)c1ccccc1Nc1cc(Nc2ccc(-c3cncnc3)cc2OC)ncc1C(F)(F)F. The van der Waals surface area contributed by atoms with Crippen LogP contribution in [0.1, 0.15) is 15.9 Å². The van der Waals surface area contributed by atoms with Gasteiger partial charge in [0, 0.05) is 37.3 Å². The molecule has 0 spiro atoms. The van der Waals surface area contributed by atoms with Crippen molar-refractivity contribution >= 4 is 28.8 Å². The van der Waals surface area contributed by atoms with Crippen molar-refractivity contribution in [1.29, 1.82) is 0 Å². The Hall–Kier alpha value is -4.67. The van der Waals surface area contributed by atoms with Crippen LogP contribution in [0.2, 0.25) is 0 Å². The molecular formula is C25H21F3N6O2. The van der Waals surface area contributed by atoms with Crippen LogP contribution < -0.4 is 20.7 Å². The number of ether oxygens (including phenoxy) is 1. The van der Waals surface area contributed by atoms with E-state index in [1.165, 1.54) is 38.7 Å². The fourth-order valence-electron chi connectivity index (χ4n) is 3.48. The second-order valence-corrected chi connectivity index (χ2v) is 7.53. The summed E-state index contributed by atoms with van der Waals surface area (Å²) in [5.74, 6) is 0.141. The molecule has 2 heterocycles. The first kappa shape index (κ1) is 24.5. The van der Waals surface area contributed by atoms with E-state index in [1.54, 1.807) is 42.7 Å². The highest BCUT2D eigenvalue weighted by Gasteiger charge is 2.34. The number of rotatable bonds is 7. The summed E-state index contributed by atoms with van der Waals surface area (Å²) in [7, 11) is 2.92. The first-order valence-electron chi connectivity index (χ1n) is 10.7. The second kappa shape index (κ2) is 10.3. The van der Waals surface area contributed by atoms with Crippen molar-refractivity contribution in [3.8, 4) is 16.9 Å². The number of carbonyl (C=O) groups is 1. The summed E-state index contributed by atoms with van der Waals surface area (Å²) in [4.78, 5) is 24.1. The molecule has 0 aliphatic rings. The highest BCUT2D eigenvalue weighted by atomic mass is 19.4. The Bertz CT molecular complexity index is 1380. The van der Waals surface area contributed by atoms with Gasteiger partial charge >= 0.3 is 6.18 Å². The Labute approximate surface area is 204 Å². The molecule has 4 rings (SSSR count). The zero-order chi connectivity index (χ0) is 25.7. The Balaban J connectivity index is 1.69. The van der Waals surface area contributed by atoms with Gasteiger partial charge in [-0.25, -0.2) is 15.0 Å². The maximum absolute atomic E-state index is 13.7. The van der Waals surface area contributed by atoms with Crippen LogP contribution in [0.25, 0.3) is 11.1 Å². The molecule has 0 bridgehead atoms. The van der Waals surface area contributed by atoms with Crippen molar-refractivity contribution in [3.05, 3.63) is 84.6 Å². The molecule has 0 fully saturated rings. The number of hydrogen-bond acceptors (Lipinski definition) is 7. The number of carbonyl (C=O) groups excluding carboxylic acids is 1. The molecule has 0 radical (unpaired) electrons. The number of alkyl halides is 3. The molecule has 0 saturated heterocycles. The first-order valence-corrected chi connectivity index (χ1v) is 10.7. The molecule has 4 aromatic rings. The molecule has 0 aliphatic heterocycles. The summed E-state index contributed by atoms with van der Waals surface area (Å²) in [6.07, 6.45) is 0.787. The van der Waals surface area contributed by atoms with Gasteiger partial charge in [0.25, 0.3) is 5.91 Å². The molecule has 11 heteroatoms. The van der Waals surface area contributed by atoms with E-state index >= 15 is 0 Å². The topological polar surface area (TPSA) is 101 Å². The van der Waals surface area contributed by atoms with E-state index in [0.29, 0.717) is 11.4 Å². The van der Waals surface area contributed by atoms with Crippen molar-refractivity contribution in [2.45, 2.75) is 6.18 Å². The van der Waals surface area contributed by atoms with Gasteiger partial charge in [-0.05, 0) is 29.8 Å². The number of nitrogens with one attached hydrogen (secondary N) is 3. The number of para-hydroxylation sites is 1. The third-order valence-electron chi connectivity index (χ3n) is 5.24. The number of methoxy groups -OCH3 is 1. The zero-order valence-corrected chi connectivity index (χ0v) is 19.2. The zero-order valence-electron chi connectivity index (χ0n) is 19.2. The summed E-state index contributed by atoms with van der Waals surface area (Å²) >= 11 is 0. The maximum atomic E-state index is 13.7. The van der Waals surface area contributed by atoms with Crippen LogP contribution in [0.4, 0.5) is 36.1 Å². The normalized spacial score (nSPS) is 11.0. The van der Waals surface area contributed by atoms with E-state index in [4.69, 9.17) is 4.74 Å². The number of pyridine rings is 1. The summed E-state index contributed by atoms with van der Waals surface area (Å²) < 4.78 is 46.7. The predicted octanol–water partition coefficient (Wildman–Crippen LogP) is 5.41. The number of anilines is 4. The lowest BCUT2D eigenvalue weighted by Gasteiger charge is -2.18. The van der Waals surface area contributed by atoms with Gasteiger partial charge < -0.3 is 20.7 Å². The molecule has 36 heavy (non-hydrogen) atoms. The van der Waals surface area contributed by atoms with E-state index in [1.807, 2.05) is 0 Å². The fraction of sp³-hybridized carbons (Fsp3) is 0.120. The van der Waals surface area contributed by atoms with Gasteiger partial charge in [-0.1, -0.05) is 18.2 Å². The van der Waals surface area contributed by atoms with Gasteiger partial charge in [0.05, 0.1) is 35.3 Å². The number of benzene rings is 2. The van der Waals surface area contributed by atoms with Crippen molar-refractivity contribution in [2.75, 3.05) is 24.8 Å². The van der Waals surface area contributed by atoms with Gasteiger partial charge in [-0.3, -0.25) is 4.79 Å². The highest BCUT2D eigenvalue weighted by Crippen LogP contribution is 2.38. The third-order valence-corrected chi connectivity index (χ3v) is 5.24. The lowest BCUT2D eigenvalue weighted by atomic mass is 10.1. The maximum Gasteiger partial charge on any atom is 0.419 e. The van der Waals surface area contributed by atoms with E-state index in [9.17, 15) is 18.0 Å².